The maximum absolute atomic E-state index is 13.0. The third kappa shape index (κ3) is 1.74. The molecule has 1 saturated heterocycles. The number of ether oxygens (including phenoxy) is 2. The SMILES string of the molecule is CC1C[C@@H]2CC[C@H]3C(C)(C)CCC[C@]3(C)[C@]23CC(=O)[C@@H]3C12OCCO2. The van der Waals surface area contributed by atoms with Crippen LogP contribution in [0.15, 0.2) is 0 Å². The minimum Gasteiger partial charge on any atom is -0.346 e. The minimum atomic E-state index is -0.613. The van der Waals surface area contributed by atoms with Crippen LogP contribution in [0.25, 0.3) is 0 Å². The number of carbonyl (C=O) groups excluding carboxylic acids is 1. The van der Waals surface area contributed by atoms with Crippen LogP contribution in [0.1, 0.15) is 72.6 Å². The second-order valence-corrected chi connectivity index (χ2v) is 10.8. The van der Waals surface area contributed by atoms with E-state index in [2.05, 4.69) is 27.7 Å². The van der Waals surface area contributed by atoms with Crippen LogP contribution in [0.2, 0.25) is 0 Å². The standard InChI is InChI=1S/C22H34O3/c1-14-12-15-6-7-17-19(2,3)8-5-9-20(17,4)21(15)13-16(23)18(21)22(14)24-10-11-25-22/h14-15,17-18H,5-13H2,1-4H3/t14?,15-,17-,18-,20-,21+/m0/s1. The number of Topliss-reactive ketones (excluding diaryl/α,β-unsaturated/α-hetero) is 1. The zero-order valence-corrected chi connectivity index (χ0v) is 16.4. The first-order valence-electron chi connectivity index (χ1n) is 10.6. The molecule has 3 nitrogen and oxygen atoms in total. The molecule has 5 aliphatic rings. The van der Waals surface area contributed by atoms with Crippen LogP contribution in [-0.2, 0) is 14.3 Å². The molecule has 1 unspecified atom stereocenters. The van der Waals surface area contributed by atoms with Gasteiger partial charge in [-0.05, 0) is 54.8 Å². The van der Waals surface area contributed by atoms with E-state index in [-0.39, 0.29) is 16.7 Å². The van der Waals surface area contributed by atoms with Crippen molar-refractivity contribution in [2.24, 2.45) is 39.9 Å². The van der Waals surface area contributed by atoms with Crippen molar-refractivity contribution in [1.82, 2.24) is 0 Å². The molecule has 2 spiro atoms. The zero-order chi connectivity index (χ0) is 17.7. The van der Waals surface area contributed by atoms with Crippen LogP contribution in [0.4, 0.5) is 0 Å². The van der Waals surface area contributed by atoms with E-state index in [0.29, 0.717) is 36.2 Å². The quantitative estimate of drug-likeness (QED) is 0.644. The minimum absolute atomic E-state index is 0.0158. The number of ketones is 1. The fraction of sp³-hybridized carbons (Fsp3) is 0.955. The summed E-state index contributed by atoms with van der Waals surface area (Å²) in [6, 6.07) is 0. The average molecular weight is 347 g/mol. The summed E-state index contributed by atoms with van der Waals surface area (Å²) in [5, 5.41) is 0. The summed E-state index contributed by atoms with van der Waals surface area (Å²) in [5.41, 5.74) is 0.782. The van der Waals surface area contributed by atoms with Gasteiger partial charge in [0.25, 0.3) is 0 Å². The van der Waals surface area contributed by atoms with E-state index >= 15 is 0 Å². The van der Waals surface area contributed by atoms with Gasteiger partial charge in [0.05, 0.1) is 19.1 Å². The lowest BCUT2D eigenvalue weighted by molar-refractivity contribution is -0.337. The molecule has 5 fully saturated rings. The van der Waals surface area contributed by atoms with Gasteiger partial charge in [-0.15, -0.1) is 0 Å². The van der Waals surface area contributed by atoms with Gasteiger partial charge >= 0.3 is 0 Å². The van der Waals surface area contributed by atoms with Crippen molar-refractivity contribution in [2.45, 2.75) is 78.4 Å². The lowest BCUT2D eigenvalue weighted by Crippen LogP contribution is -2.76. The van der Waals surface area contributed by atoms with Crippen molar-refractivity contribution in [1.29, 1.82) is 0 Å². The summed E-state index contributed by atoms with van der Waals surface area (Å²) in [6.45, 7) is 11.1. The van der Waals surface area contributed by atoms with Gasteiger partial charge in [-0.1, -0.05) is 34.1 Å². The van der Waals surface area contributed by atoms with Crippen LogP contribution in [-0.4, -0.2) is 24.8 Å². The lowest BCUT2D eigenvalue weighted by Gasteiger charge is -2.75. The summed E-state index contributed by atoms with van der Waals surface area (Å²) < 4.78 is 12.6. The summed E-state index contributed by atoms with van der Waals surface area (Å²) >= 11 is 0. The molecule has 0 aromatic carbocycles. The van der Waals surface area contributed by atoms with Crippen LogP contribution >= 0.6 is 0 Å². The monoisotopic (exact) mass is 346 g/mol. The highest BCUT2D eigenvalue weighted by molar-refractivity contribution is 5.91. The predicted octanol–water partition coefficient (Wildman–Crippen LogP) is 4.59. The van der Waals surface area contributed by atoms with Gasteiger partial charge < -0.3 is 9.47 Å². The van der Waals surface area contributed by atoms with Gasteiger partial charge in [-0.25, -0.2) is 0 Å². The van der Waals surface area contributed by atoms with Gasteiger partial charge in [0.2, 0.25) is 0 Å². The van der Waals surface area contributed by atoms with Crippen LogP contribution in [0, 0.1) is 39.9 Å². The van der Waals surface area contributed by atoms with Crippen LogP contribution in [0.5, 0.6) is 0 Å². The molecule has 4 aliphatic carbocycles. The normalized spacial score (nSPS) is 52.9. The molecule has 0 radical (unpaired) electrons. The molecule has 0 amide bonds. The molecular weight excluding hydrogens is 312 g/mol. The number of hydrogen-bond acceptors (Lipinski definition) is 3. The Morgan fingerprint density at radius 2 is 1.76 bits per heavy atom. The fourth-order valence-corrected chi connectivity index (χ4v) is 8.72. The van der Waals surface area contributed by atoms with Crippen molar-refractivity contribution in [3.8, 4) is 0 Å². The smallest absolute Gasteiger partial charge is 0.181 e. The Morgan fingerprint density at radius 3 is 2.44 bits per heavy atom. The maximum Gasteiger partial charge on any atom is 0.181 e. The molecule has 4 saturated carbocycles. The van der Waals surface area contributed by atoms with Gasteiger partial charge in [0.1, 0.15) is 5.78 Å². The molecular formula is C22H34O3. The number of hydrogen-bond donors (Lipinski definition) is 0. The molecule has 6 atom stereocenters. The van der Waals surface area contributed by atoms with Crippen molar-refractivity contribution >= 4 is 5.78 Å². The van der Waals surface area contributed by atoms with Crippen molar-refractivity contribution in [2.75, 3.05) is 13.2 Å². The Bertz CT molecular complexity index is 604. The predicted molar refractivity (Wildman–Crippen MR) is 95.9 cm³/mol. The molecule has 1 heterocycles. The Kier molecular flexibility index (Phi) is 3.28. The summed E-state index contributed by atoms with van der Waals surface area (Å²) in [7, 11) is 0. The first kappa shape index (κ1) is 16.7. The van der Waals surface area contributed by atoms with Gasteiger partial charge in [0, 0.05) is 17.8 Å². The largest absolute Gasteiger partial charge is 0.346 e. The van der Waals surface area contributed by atoms with Gasteiger partial charge in [-0.2, -0.15) is 0 Å². The van der Waals surface area contributed by atoms with Crippen LogP contribution < -0.4 is 0 Å². The Labute approximate surface area is 152 Å². The fourth-order valence-electron chi connectivity index (χ4n) is 8.72. The van der Waals surface area contributed by atoms with Crippen molar-refractivity contribution in [3.05, 3.63) is 0 Å². The molecule has 25 heavy (non-hydrogen) atoms. The molecule has 140 valence electrons. The molecule has 1 aliphatic heterocycles. The van der Waals surface area contributed by atoms with E-state index in [1.165, 1.54) is 38.5 Å². The number of fused-ring (bicyclic) bond motifs is 2. The van der Waals surface area contributed by atoms with E-state index < -0.39 is 5.79 Å². The molecule has 5 rings (SSSR count). The van der Waals surface area contributed by atoms with E-state index in [4.69, 9.17) is 9.47 Å². The highest BCUT2D eigenvalue weighted by atomic mass is 16.7. The maximum atomic E-state index is 13.0. The summed E-state index contributed by atoms with van der Waals surface area (Å²) in [5.74, 6) is 1.53. The molecule has 0 bridgehead atoms. The van der Waals surface area contributed by atoms with E-state index in [1.807, 2.05) is 0 Å². The Morgan fingerprint density at radius 1 is 1.04 bits per heavy atom. The topological polar surface area (TPSA) is 35.5 Å². The zero-order valence-electron chi connectivity index (χ0n) is 16.4. The molecule has 3 heteroatoms. The first-order valence-corrected chi connectivity index (χ1v) is 10.6. The Hall–Kier alpha value is -0.410. The van der Waals surface area contributed by atoms with Gasteiger partial charge in [-0.3, -0.25) is 4.79 Å². The number of carbonyl (C=O) groups is 1. The summed E-state index contributed by atoms with van der Waals surface area (Å²) in [4.78, 5) is 13.0. The number of rotatable bonds is 0. The van der Waals surface area contributed by atoms with E-state index in [0.717, 1.165) is 12.3 Å². The molecule has 0 N–H and O–H groups in total. The molecule has 0 aromatic heterocycles. The van der Waals surface area contributed by atoms with Crippen molar-refractivity contribution in [3.63, 3.8) is 0 Å². The van der Waals surface area contributed by atoms with Crippen molar-refractivity contribution < 1.29 is 14.3 Å². The average Bonchev–Trinajstić information content (AvgIpc) is 2.98. The van der Waals surface area contributed by atoms with E-state index in [9.17, 15) is 4.79 Å². The van der Waals surface area contributed by atoms with Gasteiger partial charge in [0.15, 0.2) is 5.79 Å². The van der Waals surface area contributed by atoms with E-state index in [1.54, 1.807) is 0 Å². The van der Waals surface area contributed by atoms with Crippen LogP contribution in [0.3, 0.4) is 0 Å². The Balaban J connectivity index is 1.65. The lowest BCUT2D eigenvalue weighted by atomic mass is 9.29. The third-order valence-electron chi connectivity index (χ3n) is 9.60. The summed E-state index contributed by atoms with van der Waals surface area (Å²) in [6.07, 6.45) is 8.53. The second kappa shape index (κ2) is 4.90. The third-order valence-corrected chi connectivity index (χ3v) is 9.60. The first-order chi connectivity index (χ1) is 11.8. The second-order valence-electron chi connectivity index (χ2n) is 10.8. The highest BCUT2D eigenvalue weighted by Crippen LogP contribution is 2.78. The highest BCUT2D eigenvalue weighted by Gasteiger charge is 2.79. The molecule has 0 aromatic rings.